The Morgan fingerprint density at radius 1 is 1.04 bits per heavy atom. The fourth-order valence-electron chi connectivity index (χ4n) is 3.49. The highest BCUT2D eigenvalue weighted by atomic mass is 16.4. The highest BCUT2D eigenvalue weighted by Crippen LogP contribution is 2.29. The van der Waals surface area contributed by atoms with Gasteiger partial charge in [-0.05, 0) is 67.1 Å². The second kappa shape index (κ2) is 7.07. The first-order valence-corrected chi connectivity index (χ1v) is 8.92. The maximum absolute atomic E-state index is 12.4. The van der Waals surface area contributed by atoms with Gasteiger partial charge in [-0.15, -0.1) is 0 Å². The highest BCUT2D eigenvalue weighted by Gasteiger charge is 2.16. The van der Waals surface area contributed by atoms with Crippen LogP contribution in [0.25, 0.3) is 10.9 Å². The number of aromatic nitrogens is 1. The molecule has 1 aromatic heterocycles. The van der Waals surface area contributed by atoms with Crippen LogP contribution in [0.5, 0.6) is 0 Å². The number of hydrazone groups is 1. The molecular weight excluding hydrogens is 342 g/mol. The van der Waals surface area contributed by atoms with E-state index in [9.17, 15) is 9.59 Å². The van der Waals surface area contributed by atoms with Crippen LogP contribution in [0, 0.1) is 0 Å². The summed E-state index contributed by atoms with van der Waals surface area (Å²) in [5.74, 6) is -1.25. The number of carboxylic acids is 1. The Morgan fingerprint density at radius 3 is 2.56 bits per heavy atom. The highest BCUT2D eigenvalue weighted by molar-refractivity contribution is 5.99. The molecule has 0 bridgehead atoms. The largest absolute Gasteiger partial charge is 0.478 e. The third-order valence-corrected chi connectivity index (χ3v) is 4.90. The molecule has 6 heteroatoms. The number of amides is 1. The number of aromatic amines is 1. The molecule has 1 aliphatic carbocycles. The van der Waals surface area contributed by atoms with Gasteiger partial charge >= 0.3 is 5.97 Å². The molecule has 136 valence electrons. The number of nitrogens with one attached hydrogen (secondary N) is 2. The average molecular weight is 361 g/mol. The van der Waals surface area contributed by atoms with Crippen LogP contribution >= 0.6 is 0 Å². The van der Waals surface area contributed by atoms with Crippen LogP contribution in [-0.4, -0.2) is 28.2 Å². The van der Waals surface area contributed by atoms with E-state index in [0.29, 0.717) is 11.1 Å². The van der Waals surface area contributed by atoms with Gasteiger partial charge in [0.15, 0.2) is 0 Å². The number of nitrogens with zero attached hydrogens (tertiary/aromatic N) is 1. The number of hydrogen-bond acceptors (Lipinski definition) is 3. The minimum atomic E-state index is -0.978. The topological polar surface area (TPSA) is 94.5 Å². The van der Waals surface area contributed by atoms with Gasteiger partial charge in [0.2, 0.25) is 0 Å². The zero-order chi connectivity index (χ0) is 18.8. The van der Waals surface area contributed by atoms with Crippen LogP contribution in [0.3, 0.4) is 0 Å². The first-order valence-electron chi connectivity index (χ1n) is 8.92. The van der Waals surface area contributed by atoms with Crippen molar-refractivity contribution in [2.75, 3.05) is 0 Å². The van der Waals surface area contributed by atoms with Crippen molar-refractivity contribution < 1.29 is 14.7 Å². The Balaban J connectivity index is 1.48. The first-order chi connectivity index (χ1) is 13.1. The molecule has 6 nitrogen and oxygen atoms in total. The SMILES string of the molecule is O=C(O)c1ccc(/C=N/NC(=O)c2ccc3[nH]c4c(c3c2)CCCC4)cc1. The average Bonchev–Trinajstić information content (AvgIpc) is 3.06. The molecule has 0 fully saturated rings. The standard InChI is InChI=1S/C21H19N3O3/c25-20(24-22-12-13-5-7-14(8-6-13)21(26)27)15-9-10-19-17(11-15)16-3-1-2-4-18(16)23-19/h5-12,23H,1-4H2,(H,24,25)(H,26,27)/b22-12+. The van der Waals surface area contributed by atoms with Gasteiger partial charge in [0.05, 0.1) is 11.8 Å². The van der Waals surface area contributed by atoms with E-state index in [2.05, 4.69) is 15.5 Å². The molecule has 0 radical (unpaired) electrons. The number of fused-ring (bicyclic) bond motifs is 3. The summed E-state index contributed by atoms with van der Waals surface area (Å²) in [6.45, 7) is 0. The molecule has 0 saturated heterocycles. The maximum atomic E-state index is 12.4. The zero-order valence-electron chi connectivity index (χ0n) is 14.7. The number of rotatable bonds is 4. The van der Waals surface area contributed by atoms with Crippen molar-refractivity contribution in [2.24, 2.45) is 5.10 Å². The minimum Gasteiger partial charge on any atom is -0.478 e. The second-order valence-corrected chi connectivity index (χ2v) is 6.68. The third-order valence-electron chi connectivity index (χ3n) is 4.90. The van der Waals surface area contributed by atoms with Gasteiger partial charge in [0.25, 0.3) is 5.91 Å². The molecule has 0 saturated carbocycles. The summed E-state index contributed by atoms with van der Waals surface area (Å²) in [6.07, 6.45) is 5.98. The molecule has 1 amide bonds. The lowest BCUT2D eigenvalue weighted by atomic mass is 9.95. The van der Waals surface area contributed by atoms with Crippen molar-refractivity contribution in [3.05, 3.63) is 70.4 Å². The monoisotopic (exact) mass is 361 g/mol. The number of carbonyl (C=O) groups excluding carboxylic acids is 1. The van der Waals surface area contributed by atoms with Crippen LogP contribution in [0.4, 0.5) is 0 Å². The Morgan fingerprint density at radius 2 is 1.78 bits per heavy atom. The van der Waals surface area contributed by atoms with Crippen molar-refractivity contribution in [3.63, 3.8) is 0 Å². The van der Waals surface area contributed by atoms with E-state index in [4.69, 9.17) is 5.11 Å². The lowest BCUT2D eigenvalue weighted by Gasteiger charge is -2.10. The van der Waals surface area contributed by atoms with E-state index >= 15 is 0 Å². The van der Waals surface area contributed by atoms with Crippen molar-refractivity contribution in [2.45, 2.75) is 25.7 Å². The number of carbonyl (C=O) groups is 2. The summed E-state index contributed by atoms with van der Waals surface area (Å²) in [5.41, 5.74) is 7.69. The zero-order valence-corrected chi connectivity index (χ0v) is 14.7. The van der Waals surface area contributed by atoms with E-state index in [1.165, 1.54) is 42.4 Å². The summed E-state index contributed by atoms with van der Waals surface area (Å²) in [6, 6.07) is 11.9. The van der Waals surface area contributed by atoms with Gasteiger partial charge in [-0.25, -0.2) is 10.2 Å². The quantitative estimate of drug-likeness (QED) is 0.490. The van der Waals surface area contributed by atoms with Gasteiger partial charge < -0.3 is 10.1 Å². The lowest BCUT2D eigenvalue weighted by molar-refractivity contribution is 0.0696. The fourth-order valence-corrected chi connectivity index (χ4v) is 3.49. The summed E-state index contributed by atoms with van der Waals surface area (Å²) in [5, 5.41) is 14.0. The molecular formula is C21H19N3O3. The lowest BCUT2D eigenvalue weighted by Crippen LogP contribution is -2.17. The Hall–Kier alpha value is -3.41. The molecule has 27 heavy (non-hydrogen) atoms. The Labute approximate surface area is 155 Å². The molecule has 0 unspecified atom stereocenters. The Kier molecular flexibility index (Phi) is 4.46. The number of aromatic carboxylic acids is 1. The van der Waals surface area contributed by atoms with E-state index < -0.39 is 5.97 Å². The molecule has 3 N–H and O–H groups in total. The molecule has 1 aliphatic rings. The molecule has 4 rings (SSSR count). The van der Waals surface area contributed by atoms with E-state index in [1.807, 2.05) is 12.1 Å². The van der Waals surface area contributed by atoms with E-state index in [0.717, 1.165) is 23.7 Å². The second-order valence-electron chi connectivity index (χ2n) is 6.68. The number of benzene rings is 2. The summed E-state index contributed by atoms with van der Waals surface area (Å²) in [7, 11) is 0. The molecule has 2 aromatic carbocycles. The maximum Gasteiger partial charge on any atom is 0.335 e. The molecule has 3 aromatic rings. The van der Waals surface area contributed by atoms with Crippen molar-refractivity contribution in [3.8, 4) is 0 Å². The smallest absolute Gasteiger partial charge is 0.335 e. The molecule has 1 heterocycles. The minimum absolute atomic E-state index is 0.208. The van der Waals surface area contributed by atoms with E-state index in [1.54, 1.807) is 18.2 Å². The van der Waals surface area contributed by atoms with Crippen molar-refractivity contribution >= 4 is 29.0 Å². The van der Waals surface area contributed by atoms with Gasteiger partial charge in [0.1, 0.15) is 0 Å². The predicted octanol–water partition coefficient (Wildman–Crippen LogP) is 3.51. The summed E-state index contributed by atoms with van der Waals surface area (Å²) in [4.78, 5) is 26.7. The van der Waals surface area contributed by atoms with Crippen molar-refractivity contribution in [1.29, 1.82) is 0 Å². The first kappa shape index (κ1) is 17.0. The van der Waals surface area contributed by atoms with Crippen LogP contribution in [-0.2, 0) is 12.8 Å². The number of carboxylic acid groups (broad SMARTS) is 1. The third kappa shape index (κ3) is 3.46. The van der Waals surface area contributed by atoms with Gasteiger partial charge in [-0.3, -0.25) is 4.79 Å². The van der Waals surface area contributed by atoms with E-state index in [-0.39, 0.29) is 11.5 Å². The number of H-pyrrole nitrogens is 1. The summed E-state index contributed by atoms with van der Waals surface area (Å²) < 4.78 is 0. The van der Waals surface area contributed by atoms with Gasteiger partial charge in [-0.2, -0.15) is 5.10 Å². The van der Waals surface area contributed by atoms with Crippen LogP contribution in [0.1, 0.15) is 50.4 Å². The number of aryl methyl sites for hydroxylation is 2. The van der Waals surface area contributed by atoms with Crippen molar-refractivity contribution in [1.82, 2.24) is 10.4 Å². The molecule has 0 aliphatic heterocycles. The summed E-state index contributed by atoms with van der Waals surface area (Å²) >= 11 is 0. The fraction of sp³-hybridized carbons (Fsp3) is 0.190. The van der Waals surface area contributed by atoms with Gasteiger partial charge in [0, 0.05) is 22.2 Å². The predicted molar refractivity (Wildman–Crippen MR) is 103 cm³/mol. The van der Waals surface area contributed by atoms with Crippen LogP contribution < -0.4 is 5.43 Å². The Bertz CT molecular complexity index is 1050. The van der Waals surface area contributed by atoms with Gasteiger partial charge in [-0.1, -0.05) is 12.1 Å². The number of hydrogen-bond donors (Lipinski definition) is 3. The normalized spacial score (nSPS) is 13.6. The molecule has 0 spiro atoms. The van der Waals surface area contributed by atoms with Crippen LogP contribution in [0.15, 0.2) is 47.6 Å². The molecule has 0 atom stereocenters. The van der Waals surface area contributed by atoms with Crippen LogP contribution in [0.2, 0.25) is 0 Å².